The van der Waals surface area contributed by atoms with Crippen molar-refractivity contribution in [2.75, 3.05) is 13.1 Å². The second-order valence-corrected chi connectivity index (χ2v) is 7.95. The molecule has 118 valence electrons. The largest absolute Gasteiger partial charge is 0.313 e. The van der Waals surface area contributed by atoms with Gasteiger partial charge in [0, 0.05) is 19.1 Å². The molecule has 21 heavy (non-hydrogen) atoms. The molecule has 0 radical (unpaired) electrons. The monoisotopic (exact) mass is 310 g/mol. The molecule has 1 aliphatic rings. The molecule has 4 nitrogen and oxygen atoms in total. The van der Waals surface area contributed by atoms with Gasteiger partial charge < -0.3 is 5.32 Å². The van der Waals surface area contributed by atoms with Crippen LogP contribution >= 0.6 is 0 Å². The van der Waals surface area contributed by atoms with Gasteiger partial charge in [-0.1, -0.05) is 39.0 Å². The number of rotatable bonds is 8. The van der Waals surface area contributed by atoms with Crippen molar-refractivity contribution in [3.63, 3.8) is 0 Å². The van der Waals surface area contributed by atoms with Crippen molar-refractivity contribution in [2.24, 2.45) is 5.92 Å². The zero-order valence-corrected chi connectivity index (χ0v) is 14.0. The van der Waals surface area contributed by atoms with E-state index in [0.29, 0.717) is 23.9 Å². The van der Waals surface area contributed by atoms with Crippen LogP contribution in [0.5, 0.6) is 0 Å². The summed E-state index contributed by atoms with van der Waals surface area (Å²) in [5.41, 5.74) is 0.855. The quantitative estimate of drug-likeness (QED) is 0.803. The molecule has 1 aromatic carbocycles. The van der Waals surface area contributed by atoms with E-state index in [9.17, 15) is 8.42 Å². The van der Waals surface area contributed by atoms with Gasteiger partial charge in [0.2, 0.25) is 10.0 Å². The third-order valence-electron chi connectivity index (χ3n) is 3.62. The van der Waals surface area contributed by atoms with Crippen LogP contribution in [0.4, 0.5) is 0 Å². The predicted molar refractivity (Wildman–Crippen MR) is 85.6 cm³/mol. The van der Waals surface area contributed by atoms with Gasteiger partial charge >= 0.3 is 0 Å². The molecule has 0 unspecified atom stereocenters. The first-order valence-corrected chi connectivity index (χ1v) is 9.21. The summed E-state index contributed by atoms with van der Waals surface area (Å²) in [6.07, 6.45) is 1.97. The zero-order chi connectivity index (χ0) is 15.5. The van der Waals surface area contributed by atoms with E-state index < -0.39 is 10.0 Å². The average Bonchev–Trinajstić information content (AvgIpc) is 3.27. The SMILES string of the molecule is CCNCc1ccccc1S(=O)(=O)N(CC(C)C)C1CC1. The summed E-state index contributed by atoms with van der Waals surface area (Å²) in [6, 6.07) is 7.54. The van der Waals surface area contributed by atoms with E-state index in [-0.39, 0.29) is 6.04 Å². The molecule has 1 saturated carbocycles. The third kappa shape index (κ3) is 4.05. The number of nitrogens with one attached hydrogen (secondary N) is 1. The molecule has 2 rings (SSSR count). The molecule has 0 heterocycles. The minimum Gasteiger partial charge on any atom is -0.313 e. The minimum absolute atomic E-state index is 0.199. The van der Waals surface area contributed by atoms with Gasteiger partial charge in [-0.3, -0.25) is 0 Å². The Morgan fingerprint density at radius 1 is 1.29 bits per heavy atom. The lowest BCUT2D eigenvalue weighted by Crippen LogP contribution is -2.36. The fourth-order valence-electron chi connectivity index (χ4n) is 2.45. The van der Waals surface area contributed by atoms with Crippen molar-refractivity contribution in [1.82, 2.24) is 9.62 Å². The van der Waals surface area contributed by atoms with Crippen LogP contribution in [0.25, 0.3) is 0 Å². The van der Waals surface area contributed by atoms with Gasteiger partial charge in [0.15, 0.2) is 0 Å². The van der Waals surface area contributed by atoms with Crippen LogP contribution in [0.2, 0.25) is 0 Å². The molecule has 0 aromatic heterocycles. The minimum atomic E-state index is -3.40. The van der Waals surface area contributed by atoms with E-state index in [4.69, 9.17) is 0 Å². The Balaban J connectivity index is 2.33. The highest BCUT2D eigenvalue weighted by atomic mass is 32.2. The van der Waals surface area contributed by atoms with Crippen molar-refractivity contribution in [1.29, 1.82) is 0 Å². The highest BCUT2D eigenvalue weighted by Gasteiger charge is 2.38. The van der Waals surface area contributed by atoms with E-state index in [1.165, 1.54) is 0 Å². The predicted octanol–water partition coefficient (Wildman–Crippen LogP) is 2.61. The number of hydrogen-bond acceptors (Lipinski definition) is 3. The number of sulfonamides is 1. The number of nitrogens with zero attached hydrogens (tertiary/aromatic N) is 1. The van der Waals surface area contributed by atoms with Gasteiger partial charge in [-0.15, -0.1) is 0 Å². The van der Waals surface area contributed by atoms with Crippen molar-refractivity contribution in [3.05, 3.63) is 29.8 Å². The average molecular weight is 310 g/mol. The fraction of sp³-hybridized carbons (Fsp3) is 0.625. The molecular formula is C16H26N2O2S. The van der Waals surface area contributed by atoms with Gasteiger partial charge in [-0.05, 0) is 36.9 Å². The second-order valence-electron chi connectivity index (χ2n) is 6.09. The molecular weight excluding hydrogens is 284 g/mol. The van der Waals surface area contributed by atoms with Crippen LogP contribution in [0.15, 0.2) is 29.2 Å². The lowest BCUT2D eigenvalue weighted by atomic mass is 10.2. The maximum absolute atomic E-state index is 13.0. The van der Waals surface area contributed by atoms with Crippen LogP contribution in [-0.4, -0.2) is 31.9 Å². The molecule has 1 fully saturated rings. The standard InChI is InChI=1S/C16H26N2O2S/c1-4-17-11-14-7-5-6-8-16(14)21(19,20)18(12-13(2)3)15-9-10-15/h5-8,13,15,17H,4,9-12H2,1-3H3. The smallest absolute Gasteiger partial charge is 0.243 e. The Hall–Kier alpha value is -0.910. The first kappa shape index (κ1) is 16.5. The Bertz CT molecular complexity index is 565. The topological polar surface area (TPSA) is 49.4 Å². The Morgan fingerprint density at radius 2 is 1.95 bits per heavy atom. The van der Waals surface area contributed by atoms with Crippen LogP contribution in [0.3, 0.4) is 0 Å². The number of hydrogen-bond donors (Lipinski definition) is 1. The van der Waals surface area contributed by atoms with Gasteiger partial charge in [0.1, 0.15) is 0 Å². The Labute approximate surface area is 128 Å². The molecule has 1 aliphatic carbocycles. The summed E-state index contributed by atoms with van der Waals surface area (Å²) in [6.45, 7) is 8.17. The maximum Gasteiger partial charge on any atom is 0.243 e. The van der Waals surface area contributed by atoms with E-state index >= 15 is 0 Å². The molecule has 1 aromatic rings. The summed E-state index contributed by atoms with van der Waals surface area (Å²) in [5, 5.41) is 3.22. The highest BCUT2D eigenvalue weighted by molar-refractivity contribution is 7.89. The Kier molecular flexibility index (Phi) is 5.41. The van der Waals surface area contributed by atoms with Gasteiger partial charge in [-0.2, -0.15) is 4.31 Å². The molecule has 0 bridgehead atoms. The maximum atomic E-state index is 13.0. The summed E-state index contributed by atoms with van der Waals surface area (Å²) < 4.78 is 27.8. The number of benzene rings is 1. The summed E-state index contributed by atoms with van der Waals surface area (Å²) in [5.74, 6) is 0.335. The lowest BCUT2D eigenvalue weighted by molar-refractivity contribution is 0.359. The molecule has 1 N–H and O–H groups in total. The highest BCUT2D eigenvalue weighted by Crippen LogP contribution is 2.33. The van der Waals surface area contributed by atoms with Crippen molar-refractivity contribution < 1.29 is 8.42 Å². The van der Waals surface area contributed by atoms with Crippen LogP contribution in [0.1, 0.15) is 39.2 Å². The van der Waals surface area contributed by atoms with Crippen LogP contribution < -0.4 is 5.32 Å². The molecule has 0 spiro atoms. The molecule has 0 saturated heterocycles. The van der Waals surface area contributed by atoms with E-state index in [0.717, 1.165) is 24.9 Å². The first-order valence-electron chi connectivity index (χ1n) is 7.77. The lowest BCUT2D eigenvalue weighted by Gasteiger charge is -2.25. The van der Waals surface area contributed by atoms with E-state index in [1.807, 2.05) is 25.1 Å². The van der Waals surface area contributed by atoms with E-state index in [1.54, 1.807) is 10.4 Å². The van der Waals surface area contributed by atoms with Gasteiger partial charge in [0.25, 0.3) is 0 Å². The molecule has 0 aliphatic heterocycles. The first-order chi connectivity index (χ1) is 9.96. The molecule has 0 atom stereocenters. The normalized spacial score (nSPS) is 15.9. The second kappa shape index (κ2) is 6.90. The van der Waals surface area contributed by atoms with Crippen molar-refractivity contribution in [3.8, 4) is 0 Å². The molecule has 5 heteroatoms. The Morgan fingerprint density at radius 3 is 2.52 bits per heavy atom. The van der Waals surface area contributed by atoms with Crippen LogP contribution in [-0.2, 0) is 16.6 Å². The van der Waals surface area contributed by atoms with Crippen molar-refractivity contribution in [2.45, 2.75) is 51.1 Å². The van der Waals surface area contributed by atoms with Crippen molar-refractivity contribution >= 4 is 10.0 Å². The summed E-state index contributed by atoms with van der Waals surface area (Å²) >= 11 is 0. The zero-order valence-electron chi connectivity index (χ0n) is 13.2. The molecule has 0 amide bonds. The van der Waals surface area contributed by atoms with E-state index in [2.05, 4.69) is 19.2 Å². The summed E-state index contributed by atoms with van der Waals surface area (Å²) in [4.78, 5) is 0.457. The van der Waals surface area contributed by atoms with Gasteiger partial charge in [-0.25, -0.2) is 8.42 Å². The van der Waals surface area contributed by atoms with Crippen LogP contribution in [0, 0.1) is 5.92 Å². The fourth-order valence-corrected chi connectivity index (χ4v) is 4.53. The summed E-state index contributed by atoms with van der Waals surface area (Å²) in [7, 11) is -3.40. The van der Waals surface area contributed by atoms with Gasteiger partial charge in [0.05, 0.1) is 4.90 Å². The third-order valence-corrected chi connectivity index (χ3v) is 5.64.